The molecule has 1 atom stereocenters. The molecule has 4 heavy (non-hydrogen) atoms. The second-order valence-electron chi connectivity index (χ2n) is 1.24. The first-order chi connectivity index (χ1) is 1.73. The van der Waals surface area contributed by atoms with Gasteiger partial charge in [0, 0.05) is 0 Å². The van der Waals surface area contributed by atoms with Crippen LogP contribution in [0.2, 0.25) is 4.71 Å². The molecule has 0 aliphatic rings. The average molecular weight is 120 g/mol. The fraction of sp³-hybridized carbons (Fsp3) is 1.00. The van der Waals surface area contributed by atoms with Crippen LogP contribution < -0.4 is 0 Å². The molecule has 0 N–H and O–H groups in total. The van der Waals surface area contributed by atoms with Gasteiger partial charge in [-0.25, -0.2) is 0 Å². The van der Waals surface area contributed by atoms with E-state index in [1.165, 1.54) is 0 Å². The molecular weight excluding hydrogens is 111 g/mol. The summed E-state index contributed by atoms with van der Waals surface area (Å²) in [5, 5.41) is 0. The van der Waals surface area contributed by atoms with Gasteiger partial charge in [0.15, 0.2) is 0 Å². The third kappa shape index (κ3) is 19.9. The Morgan fingerprint density at radius 1 is 1.50 bits per heavy atom. The summed E-state index contributed by atoms with van der Waals surface area (Å²) >= 11 is 1.80. The third-order valence-corrected chi connectivity index (χ3v) is 0. The van der Waals surface area contributed by atoms with E-state index in [9.17, 15) is 0 Å². The predicted octanol–water partition coefficient (Wildman–Crippen LogP) is 0.448. The molecule has 26 valence electrons. The molecule has 0 aliphatic carbocycles. The summed E-state index contributed by atoms with van der Waals surface area (Å²) in [6, 6.07) is 0. The molecule has 0 aromatic carbocycles. The molecule has 0 aromatic heterocycles. The van der Waals surface area contributed by atoms with Crippen molar-refractivity contribution in [3.05, 3.63) is 0 Å². The van der Waals surface area contributed by atoms with E-state index < -0.39 is 0 Å². The Morgan fingerprint density at radius 2 is 1.50 bits per heavy atom. The van der Waals surface area contributed by atoms with Gasteiger partial charge in [0.1, 0.15) is 0 Å². The standard InChI is InChI=1S/C3H9As/c1-3(2)4/h3H,4H2,1-2H3. The van der Waals surface area contributed by atoms with Crippen LogP contribution in [0.15, 0.2) is 0 Å². The van der Waals surface area contributed by atoms with E-state index in [1.807, 2.05) is 0 Å². The Kier molecular flexibility index (Phi) is 2.10. The summed E-state index contributed by atoms with van der Waals surface area (Å²) in [5.74, 6) is 0. The van der Waals surface area contributed by atoms with E-state index in [1.54, 1.807) is 16.9 Å². The topological polar surface area (TPSA) is 0 Å². The molecule has 0 heterocycles. The monoisotopic (exact) mass is 120 g/mol. The van der Waals surface area contributed by atoms with Gasteiger partial charge in [-0.15, -0.1) is 0 Å². The van der Waals surface area contributed by atoms with Crippen molar-refractivity contribution in [2.45, 2.75) is 18.6 Å². The maximum absolute atomic E-state index is 2.19. The zero-order chi connectivity index (χ0) is 3.58. The minimum absolute atomic E-state index is 0.896. The van der Waals surface area contributed by atoms with E-state index in [4.69, 9.17) is 0 Å². The molecule has 0 fully saturated rings. The van der Waals surface area contributed by atoms with Crippen molar-refractivity contribution in [1.29, 1.82) is 0 Å². The van der Waals surface area contributed by atoms with Gasteiger partial charge in [-0.05, 0) is 0 Å². The van der Waals surface area contributed by atoms with Crippen molar-refractivity contribution in [2.24, 2.45) is 0 Å². The van der Waals surface area contributed by atoms with E-state index in [0.717, 1.165) is 4.71 Å². The first-order valence-corrected chi connectivity index (χ1v) is 2.89. The van der Waals surface area contributed by atoms with Crippen LogP contribution in [0.25, 0.3) is 0 Å². The van der Waals surface area contributed by atoms with Crippen molar-refractivity contribution in [3.63, 3.8) is 0 Å². The molecule has 0 spiro atoms. The first-order valence-electron chi connectivity index (χ1n) is 1.49. The van der Waals surface area contributed by atoms with E-state index in [0.29, 0.717) is 0 Å². The number of hydrogen-bond donors (Lipinski definition) is 0. The second kappa shape index (κ2) is 1.84. The number of rotatable bonds is 0. The van der Waals surface area contributed by atoms with Crippen LogP contribution in [-0.2, 0) is 0 Å². The Bertz CT molecular complexity index is 8.00. The molecule has 1 heteroatoms. The van der Waals surface area contributed by atoms with Crippen LogP contribution in [0.5, 0.6) is 0 Å². The fourth-order valence-corrected chi connectivity index (χ4v) is 0. The molecule has 0 bridgehead atoms. The van der Waals surface area contributed by atoms with Gasteiger partial charge in [0.05, 0.1) is 0 Å². The molecule has 0 saturated heterocycles. The molecule has 1 unspecified atom stereocenters. The summed E-state index contributed by atoms with van der Waals surface area (Å²) in [6.07, 6.45) is 0. The van der Waals surface area contributed by atoms with Crippen LogP contribution in [0.1, 0.15) is 13.8 Å². The third-order valence-electron chi connectivity index (χ3n) is 0. The molecule has 0 saturated carbocycles. The summed E-state index contributed by atoms with van der Waals surface area (Å²) in [5.41, 5.74) is 0. The van der Waals surface area contributed by atoms with Crippen molar-refractivity contribution >= 4 is 16.9 Å². The van der Waals surface area contributed by atoms with Crippen molar-refractivity contribution in [3.8, 4) is 0 Å². The zero-order valence-corrected chi connectivity index (χ0v) is 5.58. The fourth-order valence-electron chi connectivity index (χ4n) is 0. The maximum atomic E-state index is 2.19. The van der Waals surface area contributed by atoms with Gasteiger partial charge in [0.25, 0.3) is 0 Å². The molecule has 0 aliphatic heterocycles. The molecule has 0 nitrogen and oxygen atoms in total. The van der Waals surface area contributed by atoms with Gasteiger partial charge in [0.2, 0.25) is 0 Å². The molecule has 0 radical (unpaired) electrons. The Hall–Kier alpha value is 0.558. The Balaban J connectivity index is 2.32. The summed E-state index contributed by atoms with van der Waals surface area (Å²) in [6.45, 7) is 4.39. The zero-order valence-electron chi connectivity index (χ0n) is 3.15. The quantitative estimate of drug-likeness (QED) is 0.407. The normalized spacial score (nSPS) is 9.00. The summed E-state index contributed by atoms with van der Waals surface area (Å²) < 4.78 is 0.896. The van der Waals surface area contributed by atoms with Gasteiger partial charge in [-0.1, -0.05) is 0 Å². The summed E-state index contributed by atoms with van der Waals surface area (Å²) in [4.78, 5) is 0. The van der Waals surface area contributed by atoms with Gasteiger partial charge in [-0.3, -0.25) is 0 Å². The van der Waals surface area contributed by atoms with Crippen molar-refractivity contribution in [1.82, 2.24) is 0 Å². The Morgan fingerprint density at radius 3 is 1.50 bits per heavy atom. The summed E-state index contributed by atoms with van der Waals surface area (Å²) in [7, 11) is 0. The van der Waals surface area contributed by atoms with Crippen LogP contribution in [0.3, 0.4) is 0 Å². The molecular formula is C3H9As. The van der Waals surface area contributed by atoms with E-state index in [-0.39, 0.29) is 0 Å². The van der Waals surface area contributed by atoms with Crippen LogP contribution in [0.4, 0.5) is 0 Å². The van der Waals surface area contributed by atoms with Crippen molar-refractivity contribution in [2.75, 3.05) is 0 Å². The minimum atomic E-state index is 0.896. The van der Waals surface area contributed by atoms with Gasteiger partial charge in [-0.2, -0.15) is 0 Å². The van der Waals surface area contributed by atoms with Crippen LogP contribution in [0, 0.1) is 0 Å². The molecule has 0 rings (SSSR count). The predicted molar refractivity (Wildman–Crippen MR) is 23.6 cm³/mol. The SMILES string of the molecule is CC(C)[AsH2]. The average Bonchev–Trinajstić information content (AvgIpc) is 0.811. The molecule has 0 amide bonds. The number of hydrogen-bond acceptors (Lipinski definition) is 0. The van der Waals surface area contributed by atoms with Crippen LogP contribution in [-0.4, -0.2) is 16.9 Å². The van der Waals surface area contributed by atoms with Crippen molar-refractivity contribution < 1.29 is 0 Å². The first kappa shape index (κ1) is 4.56. The molecule has 0 aromatic rings. The van der Waals surface area contributed by atoms with Gasteiger partial charge < -0.3 is 0 Å². The second-order valence-corrected chi connectivity index (χ2v) is 4.04. The Labute approximate surface area is 36.1 Å². The van der Waals surface area contributed by atoms with Crippen LogP contribution >= 0.6 is 0 Å². The van der Waals surface area contributed by atoms with Gasteiger partial charge >= 0.3 is 35.4 Å². The van der Waals surface area contributed by atoms with E-state index >= 15 is 0 Å². The van der Waals surface area contributed by atoms with E-state index in [2.05, 4.69) is 13.8 Å².